The first-order valence-corrected chi connectivity index (χ1v) is 10.4. The van der Waals surface area contributed by atoms with Gasteiger partial charge in [0, 0.05) is 24.1 Å². The second-order valence-electron chi connectivity index (χ2n) is 8.00. The lowest BCUT2D eigenvalue weighted by molar-refractivity contribution is 0.461. The molecule has 0 spiro atoms. The third kappa shape index (κ3) is 4.11. The van der Waals surface area contributed by atoms with Crippen molar-refractivity contribution >= 4 is 17.3 Å². The van der Waals surface area contributed by atoms with Gasteiger partial charge in [0.2, 0.25) is 0 Å². The minimum absolute atomic E-state index is 0.103. The molecule has 1 aromatic carbocycles. The largest absolute Gasteiger partial charge is 0.505 e. The van der Waals surface area contributed by atoms with Gasteiger partial charge < -0.3 is 20.7 Å². The summed E-state index contributed by atoms with van der Waals surface area (Å²) in [5.74, 6) is 0.992. The molecule has 10 heteroatoms. The summed E-state index contributed by atoms with van der Waals surface area (Å²) in [6, 6.07) is 8.53. The van der Waals surface area contributed by atoms with Gasteiger partial charge in [-0.15, -0.1) is 0 Å². The number of fused-ring (bicyclic) bond motifs is 1. The molecule has 0 saturated heterocycles. The molecule has 1 aliphatic rings. The molecule has 4 N–H and O–H groups in total. The lowest BCUT2D eigenvalue weighted by atomic mass is 10.1. The Hall–Kier alpha value is -3.95. The van der Waals surface area contributed by atoms with E-state index in [4.69, 9.17) is 4.98 Å². The molecule has 164 valence electrons. The van der Waals surface area contributed by atoms with E-state index in [0.29, 0.717) is 23.2 Å². The summed E-state index contributed by atoms with van der Waals surface area (Å²) in [4.78, 5) is 22.4. The number of hydrogen-bond acceptors (Lipinski definition) is 7. The van der Waals surface area contributed by atoms with Gasteiger partial charge in [-0.05, 0) is 37.5 Å². The van der Waals surface area contributed by atoms with Crippen LogP contribution in [0.15, 0.2) is 47.5 Å². The number of aromatic amines is 1. The zero-order chi connectivity index (χ0) is 22.2. The molecule has 0 radical (unpaired) electrons. The van der Waals surface area contributed by atoms with Gasteiger partial charge in [0.1, 0.15) is 17.5 Å². The van der Waals surface area contributed by atoms with Crippen LogP contribution in [0.5, 0.6) is 5.75 Å². The van der Waals surface area contributed by atoms with Crippen LogP contribution < -0.4 is 16.3 Å². The fourth-order valence-corrected chi connectivity index (χ4v) is 3.58. The highest BCUT2D eigenvalue weighted by molar-refractivity contribution is 5.62. The van der Waals surface area contributed by atoms with E-state index in [1.165, 1.54) is 12.1 Å². The van der Waals surface area contributed by atoms with Crippen LogP contribution in [0.1, 0.15) is 42.6 Å². The van der Waals surface area contributed by atoms with E-state index in [1.54, 1.807) is 16.8 Å². The Bertz CT molecular complexity index is 1350. The maximum atomic E-state index is 13.7. The molecule has 1 atom stereocenters. The average Bonchev–Trinajstić information content (AvgIpc) is 3.49. The summed E-state index contributed by atoms with van der Waals surface area (Å²) in [6.07, 6.45) is 5.20. The molecule has 0 bridgehead atoms. The molecule has 1 fully saturated rings. The van der Waals surface area contributed by atoms with Crippen LogP contribution in [-0.2, 0) is 6.42 Å². The maximum Gasteiger partial charge on any atom is 0.345 e. The van der Waals surface area contributed by atoms with Crippen LogP contribution in [0.25, 0.3) is 5.65 Å². The minimum Gasteiger partial charge on any atom is -0.505 e. The monoisotopic (exact) mass is 435 g/mol. The van der Waals surface area contributed by atoms with Crippen molar-refractivity contribution in [3.63, 3.8) is 0 Å². The van der Waals surface area contributed by atoms with Gasteiger partial charge in [-0.25, -0.2) is 14.2 Å². The molecular formula is C22H22FN7O2. The Balaban J connectivity index is 1.52. The van der Waals surface area contributed by atoms with E-state index in [9.17, 15) is 14.3 Å². The Morgan fingerprint density at radius 1 is 1.31 bits per heavy atom. The van der Waals surface area contributed by atoms with Crippen LogP contribution >= 0.6 is 0 Å². The summed E-state index contributed by atoms with van der Waals surface area (Å²) in [6.45, 7) is 1.94. The predicted octanol–water partition coefficient (Wildman–Crippen LogP) is 3.00. The van der Waals surface area contributed by atoms with Gasteiger partial charge in [-0.2, -0.15) is 14.6 Å². The van der Waals surface area contributed by atoms with Crippen molar-refractivity contribution in [2.24, 2.45) is 0 Å². The number of benzene rings is 1. The Labute approximate surface area is 182 Å². The Morgan fingerprint density at radius 3 is 2.94 bits per heavy atom. The molecule has 32 heavy (non-hydrogen) atoms. The number of aromatic nitrogens is 5. The summed E-state index contributed by atoms with van der Waals surface area (Å²) in [5.41, 5.74) is 1.91. The summed E-state index contributed by atoms with van der Waals surface area (Å²) >= 11 is 0. The van der Waals surface area contributed by atoms with Gasteiger partial charge in [-0.1, -0.05) is 12.1 Å². The van der Waals surface area contributed by atoms with Gasteiger partial charge in [0.15, 0.2) is 11.4 Å². The fourth-order valence-electron chi connectivity index (χ4n) is 3.58. The van der Waals surface area contributed by atoms with Gasteiger partial charge in [-0.3, -0.25) is 0 Å². The molecule has 4 aromatic rings. The number of rotatable bonds is 7. The molecule has 3 heterocycles. The van der Waals surface area contributed by atoms with E-state index >= 15 is 0 Å². The molecule has 0 amide bonds. The first-order chi connectivity index (χ1) is 15.5. The van der Waals surface area contributed by atoms with Crippen molar-refractivity contribution in [2.75, 3.05) is 10.6 Å². The number of nitrogens with zero attached hydrogens (tertiary/aromatic N) is 4. The van der Waals surface area contributed by atoms with E-state index < -0.39 is 5.69 Å². The highest BCUT2D eigenvalue weighted by Crippen LogP contribution is 2.29. The molecule has 1 saturated carbocycles. The average molecular weight is 435 g/mol. The molecule has 3 aromatic heterocycles. The first kappa shape index (κ1) is 20.0. The molecule has 5 rings (SSSR count). The van der Waals surface area contributed by atoms with Gasteiger partial charge >= 0.3 is 5.69 Å². The fraction of sp³-hybridized carbons (Fsp3) is 0.273. The number of H-pyrrole nitrogens is 1. The predicted molar refractivity (Wildman–Crippen MR) is 117 cm³/mol. The smallest absolute Gasteiger partial charge is 0.345 e. The summed E-state index contributed by atoms with van der Waals surface area (Å²) < 4.78 is 15.4. The highest BCUT2D eigenvalue weighted by Gasteiger charge is 2.23. The van der Waals surface area contributed by atoms with Crippen molar-refractivity contribution in [2.45, 2.75) is 38.3 Å². The quantitative estimate of drug-likeness (QED) is 0.352. The lowest BCUT2D eigenvalue weighted by Crippen LogP contribution is -2.13. The van der Waals surface area contributed by atoms with Gasteiger partial charge in [0.25, 0.3) is 0 Å². The van der Waals surface area contributed by atoms with Crippen LogP contribution in [0.4, 0.5) is 16.0 Å². The van der Waals surface area contributed by atoms with Crippen molar-refractivity contribution in [3.05, 3.63) is 75.8 Å². The molecule has 9 nitrogen and oxygen atoms in total. The number of halogens is 1. The molecule has 1 aliphatic carbocycles. The van der Waals surface area contributed by atoms with Crippen LogP contribution in [0.3, 0.4) is 0 Å². The van der Waals surface area contributed by atoms with Gasteiger partial charge in [0.05, 0.1) is 24.1 Å². The third-order valence-corrected chi connectivity index (χ3v) is 5.43. The summed E-state index contributed by atoms with van der Waals surface area (Å²) in [5, 5.41) is 21.3. The molecule has 0 aliphatic heterocycles. The van der Waals surface area contributed by atoms with Crippen molar-refractivity contribution in [1.29, 1.82) is 0 Å². The van der Waals surface area contributed by atoms with E-state index in [1.807, 2.05) is 19.1 Å². The SMILES string of the molecule is CC(Nc1cc(NC2CC2)n2ncc(Cc3[nH]c(=O)ncc3O)c2n1)c1cccc(F)c1. The second-order valence-corrected chi connectivity index (χ2v) is 8.00. The van der Waals surface area contributed by atoms with Crippen molar-refractivity contribution in [3.8, 4) is 5.75 Å². The first-order valence-electron chi connectivity index (χ1n) is 10.4. The van der Waals surface area contributed by atoms with E-state index in [2.05, 4.69) is 25.7 Å². The standard InChI is InChI=1S/C22H22FN7O2/c1-12(13-3-2-4-15(23)7-13)26-19-9-20(27-16-5-6-16)30-21(29-19)14(10-25-30)8-17-18(31)11-24-22(32)28-17/h2-4,7,9-12,16,27,31H,5-6,8H2,1H3,(H,26,29)(H,24,28,32). The van der Waals surface area contributed by atoms with E-state index in [-0.39, 0.29) is 24.0 Å². The Morgan fingerprint density at radius 2 is 2.16 bits per heavy atom. The molecule has 1 unspecified atom stereocenters. The number of nitrogens with one attached hydrogen (secondary N) is 3. The van der Waals surface area contributed by atoms with E-state index in [0.717, 1.165) is 36.0 Å². The second kappa shape index (κ2) is 7.95. The van der Waals surface area contributed by atoms with Crippen molar-refractivity contribution < 1.29 is 9.50 Å². The lowest BCUT2D eigenvalue weighted by Gasteiger charge is -2.17. The zero-order valence-electron chi connectivity index (χ0n) is 17.3. The number of hydrogen-bond donors (Lipinski definition) is 4. The maximum absolute atomic E-state index is 13.7. The zero-order valence-corrected chi connectivity index (χ0v) is 17.3. The summed E-state index contributed by atoms with van der Waals surface area (Å²) in [7, 11) is 0. The van der Waals surface area contributed by atoms with Crippen molar-refractivity contribution in [1.82, 2.24) is 24.6 Å². The normalized spacial score (nSPS) is 14.4. The number of aromatic hydroxyl groups is 1. The Kier molecular flexibility index (Phi) is 4.96. The topological polar surface area (TPSA) is 120 Å². The highest BCUT2D eigenvalue weighted by atomic mass is 19.1. The third-order valence-electron chi connectivity index (χ3n) is 5.43. The van der Waals surface area contributed by atoms with Crippen LogP contribution in [-0.4, -0.2) is 35.7 Å². The minimum atomic E-state index is -0.537. The number of anilines is 2. The molecular weight excluding hydrogens is 413 g/mol. The van der Waals surface area contributed by atoms with Crippen LogP contribution in [0, 0.1) is 5.82 Å². The van der Waals surface area contributed by atoms with Crippen LogP contribution in [0.2, 0.25) is 0 Å².